The maximum atomic E-state index is 13.2. The predicted molar refractivity (Wildman–Crippen MR) is 141 cm³/mol. The molecule has 3 aromatic rings. The van der Waals surface area contributed by atoms with E-state index in [1.807, 2.05) is 0 Å². The first-order chi connectivity index (χ1) is 17.2. The van der Waals surface area contributed by atoms with Crippen molar-refractivity contribution in [3.8, 4) is 0 Å². The molecule has 190 valence electrons. The minimum atomic E-state index is -3.93. The predicted octanol–water partition coefficient (Wildman–Crippen LogP) is 4.35. The molecule has 2 N–H and O–H groups in total. The first-order valence-electron chi connectivity index (χ1n) is 11.6. The molecule has 1 heterocycles. The molecule has 1 fully saturated rings. The van der Waals surface area contributed by atoms with E-state index in [9.17, 15) is 17.6 Å². The highest BCUT2D eigenvalue weighted by Crippen LogP contribution is 2.31. The zero-order chi connectivity index (χ0) is 25.7. The molecule has 0 aromatic heterocycles. The van der Waals surface area contributed by atoms with Crippen molar-refractivity contribution >= 4 is 38.9 Å². The summed E-state index contributed by atoms with van der Waals surface area (Å²) in [6, 6.07) is 16.8. The van der Waals surface area contributed by atoms with Crippen molar-refractivity contribution in [1.29, 1.82) is 0 Å². The molecule has 4 rings (SSSR count). The van der Waals surface area contributed by atoms with Crippen molar-refractivity contribution in [2.75, 3.05) is 42.8 Å². The number of halogens is 2. The summed E-state index contributed by atoms with van der Waals surface area (Å²) in [5.41, 5.74) is 2.09. The van der Waals surface area contributed by atoms with Gasteiger partial charge < -0.3 is 15.1 Å². The third kappa shape index (κ3) is 6.54. The number of hydrogen-bond acceptors (Lipinski definition) is 5. The topological polar surface area (TPSA) is 81.8 Å². The first kappa shape index (κ1) is 25.9. The Kier molecular flexibility index (Phi) is 8.13. The van der Waals surface area contributed by atoms with Crippen molar-refractivity contribution in [3.05, 3.63) is 88.7 Å². The summed E-state index contributed by atoms with van der Waals surface area (Å²) in [6.07, 6.45) is 0.930. The summed E-state index contributed by atoms with van der Waals surface area (Å²) in [6.45, 7) is 3.49. The second-order valence-corrected chi connectivity index (χ2v) is 10.9. The van der Waals surface area contributed by atoms with Crippen LogP contribution in [0, 0.1) is 5.82 Å². The molecule has 0 atom stereocenters. The summed E-state index contributed by atoms with van der Waals surface area (Å²) in [4.78, 5) is 17.3. The zero-order valence-electron chi connectivity index (χ0n) is 19.9. The Labute approximate surface area is 215 Å². The van der Waals surface area contributed by atoms with Gasteiger partial charge in [-0.1, -0.05) is 23.7 Å². The van der Waals surface area contributed by atoms with Crippen LogP contribution in [-0.4, -0.2) is 52.5 Å². The van der Waals surface area contributed by atoms with Crippen LogP contribution in [0.5, 0.6) is 0 Å². The number of nitrogens with zero attached hydrogens (tertiary/aromatic N) is 2. The Balaban J connectivity index is 1.62. The fourth-order valence-corrected chi connectivity index (χ4v) is 5.22. The molecule has 7 nitrogen and oxygen atoms in total. The highest BCUT2D eigenvalue weighted by atomic mass is 35.5. The Morgan fingerprint density at radius 2 is 1.69 bits per heavy atom. The maximum absolute atomic E-state index is 13.2. The van der Waals surface area contributed by atoms with E-state index in [1.54, 1.807) is 30.3 Å². The van der Waals surface area contributed by atoms with Crippen LogP contribution in [0.3, 0.4) is 0 Å². The number of carbonyl (C=O) groups is 1. The van der Waals surface area contributed by atoms with Crippen molar-refractivity contribution in [2.24, 2.45) is 0 Å². The average Bonchev–Trinajstić information content (AvgIpc) is 3.08. The normalized spacial score (nSPS) is 14.8. The third-order valence-corrected chi connectivity index (χ3v) is 7.69. The number of amides is 1. The largest absolute Gasteiger partial charge is 0.369 e. The highest BCUT2D eigenvalue weighted by Gasteiger charge is 2.22. The van der Waals surface area contributed by atoms with Crippen LogP contribution < -0.4 is 14.9 Å². The summed E-state index contributed by atoms with van der Waals surface area (Å²) in [5, 5.41) is 3.24. The smallest absolute Gasteiger partial charge is 0.261 e. The minimum absolute atomic E-state index is 0.0691. The number of sulfonamides is 1. The van der Waals surface area contributed by atoms with Crippen LogP contribution >= 0.6 is 11.6 Å². The summed E-state index contributed by atoms with van der Waals surface area (Å²) in [5.74, 6) is -0.716. The molecule has 0 bridgehead atoms. The van der Waals surface area contributed by atoms with Gasteiger partial charge in [0.15, 0.2) is 0 Å². The lowest BCUT2D eigenvalue weighted by molar-refractivity contribution is 0.0951. The second-order valence-electron chi connectivity index (χ2n) is 8.74. The number of nitrogens with one attached hydrogen (secondary N) is 2. The van der Waals surface area contributed by atoms with Gasteiger partial charge >= 0.3 is 0 Å². The minimum Gasteiger partial charge on any atom is -0.369 e. The Morgan fingerprint density at radius 1 is 0.972 bits per heavy atom. The molecule has 1 aliphatic heterocycles. The van der Waals surface area contributed by atoms with Crippen molar-refractivity contribution in [1.82, 2.24) is 10.2 Å². The van der Waals surface area contributed by atoms with E-state index < -0.39 is 10.0 Å². The maximum Gasteiger partial charge on any atom is 0.261 e. The number of carbonyl (C=O) groups excluding carboxylic acids is 1. The molecule has 0 spiro atoms. The molecule has 1 aliphatic rings. The molecule has 1 amide bonds. The van der Waals surface area contributed by atoms with Gasteiger partial charge in [0.1, 0.15) is 5.82 Å². The third-order valence-electron chi connectivity index (χ3n) is 6.05. The average molecular weight is 531 g/mol. The van der Waals surface area contributed by atoms with Gasteiger partial charge in [-0.2, -0.15) is 0 Å². The van der Waals surface area contributed by atoms with E-state index in [2.05, 4.69) is 26.9 Å². The van der Waals surface area contributed by atoms with Gasteiger partial charge in [-0.15, -0.1) is 0 Å². The van der Waals surface area contributed by atoms with Crippen molar-refractivity contribution in [3.63, 3.8) is 0 Å². The van der Waals surface area contributed by atoms with Gasteiger partial charge in [0.25, 0.3) is 15.9 Å². The van der Waals surface area contributed by atoms with Crippen molar-refractivity contribution < 1.29 is 17.6 Å². The summed E-state index contributed by atoms with van der Waals surface area (Å²) >= 11 is 5.92. The van der Waals surface area contributed by atoms with Gasteiger partial charge in [0.2, 0.25) is 0 Å². The lowest BCUT2D eigenvalue weighted by atomic mass is 10.1. The summed E-state index contributed by atoms with van der Waals surface area (Å²) < 4.78 is 42.2. The Bertz CT molecular complexity index is 1320. The van der Waals surface area contributed by atoms with Crippen LogP contribution in [0.25, 0.3) is 0 Å². The number of rotatable bonds is 7. The molecule has 1 saturated heterocycles. The van der Waals surface area contributed by atoms with E-state index in [1.165, 1.54) is 36.4 Å². The van der Waals surface area contributed by atoms with Gasteiger partial charge in [0.05, 0.1) is 16.3 Å². The number of benzene rings is 3. The van der Waals surface area contributed by atoms with Crippen LogP contribution in [-0.2, 0) is 16.6 Å². The van der Waals surface area contributed by atoms with E-state index in [4.69, 9.17) is 11.6 Å². The fraction of sp³-hybridized carbons (Fsp3) is 0.269. The molecular formula is C26H28ClFN4O3S. The lowest BCUT2D eigenvalue weighted by Crippen LogP contribution is -2.30. The molecular weight excluding hydrogens is 503 g/mol. The quantitative estimate of drug-likeness (QED) is 0.474. The number of hydrogen-bond donors (Lipinski definition) is 2. The lowest BCUT2D eigenvalue weighted by Gasteiger charge is -2.26. The van der Waals surface area contributed by atoms with E-state index in [0.29, 0.717) is 22.0 Å². The molecule has 0 aliphatic carbocycles. The molecule has 0 saturated carbocycles. The molecule has 3 aromatic carbocycles. The second kappa shape index (κ2) is 11.3. The van der Waals surface area contributed by atoms with Crippen molar-refractivity contribution in [2.45, 2.75) is 17.9 Å². The van der Waals surface area contributed by atoms with E-state index in [-0.39, 0.29) is 23.2 Å². The van der Waals surface area contributed by atoms with Crippen LogP contribution in [0.15, 0.2) is 71.6 Å². The van der Waals surface area contributed by atoms with Gasteiger partial charge in [0, 0.05) is 36.8 Å². The molecule has 36 heavy (non-hydrogen) atoms. The fourth-order valence-electron chi connectivity index (χ4n) is 4.03. The monoisotopic (exact) mass is 530 g/mol. The first-order valence-corrected chi connectivity index (χ1v) is 13.5. The van der Waals surface area contributed by atoms with Crippen LogP contribution in [0.2, 0.25) is 5.02 Å². The molecule has 0 radical (unpaired) electrons. The highest BCUT2D eigenvalue weighted by molar-refractivity contribution is 7.92. The van der Waals surface area contributed by atoms with E-state index in [0.717, 1.165) is 38.2 Å². The summed E-state index contributed by atoms with van der Waals surface area (Å²) in [7, 11) is -1.87. The van der Waals surface area contributed by atoms with E-state index >= 15 is 0 Å². The SMILES string of the molecule is CN1CCCN(c2ccc(C(=O)NCc3ccc(F)cc3)cc2NS(=O)(=O)c2ccc(Cl)cc2)CC1. The number of likely N-dealkylation sites (N-methyl/N-ethyl adjacent to an activating group) is 1. The van der Waals surface area contributed by atoms with Gasteiger partial charge in [-0.3, -0.25) is 9.52 Å². The van der Waals surface area contributed by atoms with Gasteiger partial charge in [-0.05, 0) is 80.2 Å². The van der Waals surface area contributed by atoms with Crippen LogP contribution in [0.1, 0.15) is 22.3 Å². The standard InChI is InChI=1S/C26H28ClFN4O3S/c1-31-13-2-14-32(16-15-31)25-12-5-20(26(33)29-18-19-3-8-22(28)9-4-19)17-24(25)30-36(34,35)23-10-6-21(27)7-11-23/h3-12,17,30H,2,13-16,18H2,1H3,(H,29,33). The van der Waals surface area contributed by atoms with Crippen LogP contribution in [0.4, 0.5) is 15.8 Å². The Morgan fingerprint density at radius 3 is 2.42 bits per heavy atom. The zero-order valence-corrected chi connectivity index (χ0v) is 21.4. The Hall–Kier alpha value is -3.14. The number of anilines is 2. The molecule has 10 heteroatoms. The molecule has 0 unspecified atom stereocenters. The van der Waals surface area contributed by atoms with Gasteiger partial charge in [-0.25, -0.2) is 12.8 Å².